The maximum atomic E-state index is 13.2. The molecule has 0 aromatic rings. The van der Waals surface area contributed by atoms with Gasteiger partial charge >= 0.3 is 0 Å². The van der Waals surface area contributed by atoms with Gasteiger partial charge in [0.15, 0.2) is 5.78 Å². The summed E-state index contributed by atoms with van der Waals surface area (Å²) in [4.78, 5) is 39.4. The first-order valence-electron chi connectivity index (χ1n) is 11.7. The highest BCUT2D eigenvalue weighted by Crippen LogP contribution is 2.31. The summed E-state index contributed by atoms with van der Waals surface area (Å²) in [6, 6.07) is 0. The molecule has 202 valence electrons. The van der Waals surface area contributed by atoms with Crippen LogP contribution in [0.1, 0.15) is 78.6 Å². The van der Waals surface area contributed by atoms with Gasteiger partial charge < -0.3 is 48.8 Å². The second-order valence-electron chi connectivity index (χ2n) is 9.41. The third-order valence-corrected chi connectivity index (χ3v) is 6.21. The van der Waals surface area contributed by atoms with Gasteiger partial charge in [-0.25, -0.2) is 0 Å². The van der Waals surface area contributed by atoms with E-state index in [1.54, 1.807) is 0 Å². The van der Waals surface area contributed by atoms with Gasteiger partial charge in [-0.15, -0.1) is 0 Å². The van der Waals surface area contributed by atoms with E-state index in [0.29, 0.717) is 12.8 Å². The smallest absolute Gasteiger partial charge is 0.234 e. The summed E-state index contributed by atoms with van der Waals surface area (Å²) in [5.74, 6) is -5.29. The van der Waals surface area contributed by atoms with Gasteiger partial charge in [0.2, 0.25) is 17.1 Å². The lowest BCUT2D eigenvalue weighted by molar-refractivity contribution is -0.452. The van der Waals surface area contributed by atoms with Crippen molar-refractivity contribution >= 4 is 17.3 Å². The Hall–Kier alpha value is -0.980. The van der Waals surface area contributed by atoms with Crippen LogP contribution in [0, 0.1) is 5.92 Å². The van der Waals surface area contributed by atoms with Crippen LogP contribution in [-0.4, -0.2) is 90.7 Å². The molecule has 5 unspecified atom stereocenters. The summed E-state index contributed by atoms with van der Waals surface area (Å²) < 4.78 is 0. The zero-order valence-electron chi connectivity index (χ0n) is 20.6. The highest BCUT2D eigenvalue weighted by molar-refractivity contribution is 6.17. The van der Waals surface area contributed by atoms with E-state index in [0.717, 1.165) is 52.4 Å². The molecule has 0 bridgehead atoms. The van der Waals surface area contributed by atoms with E-state index in [9.17, 15) is 45.0 Å². The topological polar surface area (TPSA) is 200 Å². The Morgan fingerprint density at radius 3 is 1.65 bits per heavy atom. The van der Waals surface area contributed by atoms with Crippen molar-refractivity contribution in [2.24, 2.45) is 5.92 Å². The van der Waals surface area contributed by atoms with Gasteiger partial charge in [-0.1, -0.05) is 58.3 Å². The van der Waals surface area contributed by atoms with Crippen LogP contribution < -0.4 is 18.1 Å². The van der Waals surface area contributed by atoms with E-state index >= 15 is 0 Å². The highest BCUT2D eigenvalue weighted by Gasteiger charge is 2.62. The van der Waals surface area contributed by atoms with Crippen molar-refractivity contribution in [3.8, 4) is 0 Å². The Kier molecular flexibility index (Phi) is 16.5. The van der Waals surface area contributed by atoms with Crippen LogP contribution in [-0.2, 0) is 14.4 Å². The van der Waals surface area contributed by atoms with Crippen molar-refractivity contribution in [3.05, 3.63) is 0 Å². The van der Waals surface area contributed by atoms with Crippen LogP contribution in [0.2, 0.25) is 0 Å². The predicted octanol–water partition coefficient (Wildman–Crippen LogP) is -4.33. The Labute approximate surface area is 208 Å². The highest BCUT2D eigenvalue weighted by atomic mass is 35.5. The summed E-state index contributed by atoms with van der Waals surface area (Å²) in [6.45, 7) is 0.958. The molecule has 0 radical (unpaired) electrons. The van der Waals surface area contributed by atoms with Crippen LogP contribution >= 0.6 is 0 Å². The van der Waals surface area contributed by atoms with Gasteiger partial charge in [-0.2, -0.15) is 0 Å². The van der Waals surface area contributed by atoms with Crippen LogP contribution in [0.25, 0.3) is 0 Å². The third-order valence-electron chi connectivity index (χ3n) is 6.21. The average Bonchev–Trinajstić information content (AvgIpc) is 2.80. The van der Waals surface area contributed by atoms with Gasteiger partial charge in [-0.05, 0) is 20.3 Å². The molecule has 0 rings (SSSR count). The number of rotatable bonds is 19. The molecule has 0 spiro atoms. The minimum atomic E-state index is -2.61. The van der Waals surface area contributed by atoms with E-state index < -0.39 is 65.9 Å². The van der Waals surface area contributed by atoms with Crippen LogP contribution in [0.4, 0.5) is 0 Å². The van der Waals surface area contributed by atoms with Crippen molar-refractivity contribution in [2.45, 2.75) is 101 Å². The van der Waals surface area contributed by atoms with Gasteiger partial charge in [-0.3, -0.25) is 14.4 Å². The van der Waals surface area contributed by atoms with Crippen molar-refractivity contribution < 1.29 is 63.2 Å². The third kappa shape index (κ3) is 9.23. The van der Waals surface area contributed by atoms with Gasteiger partial charge in [0.05, 0.1) is 25.7 Å². The maximum Gasteiger partial charge on any atom is 0.234 e. The number of aliphatic hydroxyl groups excluding tert-OH is 4. The summed E-state index contributed by atoms with van der Waals surface area (Å²) in [6.07, 6.45) is 5.15. The summed E-state index contributed by atoms with van der Waals surface area (Å²) in [5.41, 5.74) is -3.78. The fourth-order valence-electron chi connectivity index (χ4n) is 3.91. The standard InChI is InChI=1S/C23H43NO9.ClH/c1-4-5-6-7-8-9-10-11-12-16(18(29)21(2,32)14-26)23(24,19(30)17(28)13-25)20(31)22(3,33)15-27;/h16-17,25-28,32-33H,4-15,24H2,1-3H3;1H. The van der Waals surface area contributed by atoms with Crippen LogP contribution in [0.15, 0.2) is 0 Å². The van der Waals surface area contributed by atoms with E-state index in [1.807, 2.05) is 0 Å². The van der Waals surface area contributed by atoms with Crippen molar-refractivity contribution in [1.82, 2.24) is 0 Å². The molecule has 5 atom stereocenters. The molecule has 0 aromatic heterocycles. The van der Waals surface area contributed by atoms with E-state index in [4.69, 9.17) is 0 Å². The second-order valence-corrected chi connectivity index (χ2v) is 9.41. The number of carbonyl (C=O) groups excluding carboxylic acids is 3. The van der Waals surface area contributed by atoms with Gasteiger partial charge in [0.1, 0.15) is 17.3 Å². The molecule has 0 aliphatic carbocycles. The fraction of sp³-hybridized carbons (Fsp3) is 0.870. The molecule has 10 nitrogen and oxygen atoms in total. The number of unbranched alkanes of at least 4 members (excludes halogenated alkanes) is 7. The molecule has 11 heteroatoms. The Morgan fingerprint density at radius 2 is 1.24 bits per heavy atom. The zero-order valence-corrected chi connectivity index (χ0v) is 21.4. The van der Waals surface area contributed by atoms with Crippen molar-refractivity contribution in [1.29, 1.82) is 0 Å². The molecule has 34 heavy (non-hydrogen) atoms. The minimum absolute atomic E-state index is 0. The molecular formula is C23H44ClNO9. The van der Waals surface area contributed by atoms with Crippen molar-refractivity contribution in [2.75, 3.05) is 19.8 Å². The number of hydrogen-bond donors (Lipinski definition) is 7. The number of carbonyl (C=O) groups is 3. The lowest BCUT2D eigenvalue weighted by Gasteiger charge is -2.38. The summed E-state index contributed by atoms with van der Waals surface area (Å²) >= 11 is 0. The van der Waals surface area contributed by atoms with Crippen molar-refractivity contribution in [3.63, 3.8) is 0 Å². The first kappa shape index (κ1) is 35.2. The molecule has 0 saturated carbocycles. The number of quaternary nitrogens is 1. The number of halogens is 1. The van der Waals surface area contributed by atoms with E-state index in [-0.39, 0.29) is 18.8 Å². The molecule has 0 aliphatic heterocycles. The molecule has 0 heterocycles. The number of hydrogen-bond acceptors (Lipinski definition) is 9. The SMILES string of the molecule is CCCCCCCCCCC(C(=O)C(C)(O)CO)C([NH3+])(C(=O)C(O)CO)C(=O)C(C)(O)CO.[Cl-]. The Morgan fingerprint density at radius 1 is 0.794 bits per heavy atom. The van der Waals surface area contributed by atoms with Crippen LogP contribution in [0.3, 0.4) is 0 Å². The quantitative estimate of drug-likeness (QED) is 0.0658. The molecule has 0 aromatic carbocycles. The summed E-state index contributed by atoms with van der Waals surface area (Å²) in [7, 11) is 0. The molecule has 0 amide bonds. The molecule has 0 fully saturated rings. The second kappa shape index (κ2) is 15.9. The summed E-state index contributed by atoms with van der Waals surface area (Å²) in [5, 5.41) is 59.0. The number of ketones is 3. The van der Waals surface area contributed by atoms with Gasteiger partial charge in [0.25, 0.3) is 0 Å². The molecule has 0 saturated heterocycles. The predicted molar refractivity (Wildman–Crippen MR) is 120 cm³/mol. The number of aliphatic hydroxyl groups is 6. The maximum absolute atomic E-state index is 13.2. The first-order valence-corrected chi connectivity index (χ1v) is 11.7. The largest absolute Gasteiger partial charge is 1.00 e. The number of Topliss-reactive ketones (excluding diaryl/α,β-unsaturated/α-hetero) is 3. The lowest BCUT2D eigenvalue weighted by Crippen LogP contribution is -3.00. The monoisotopic (exact) mass is 513 g/mol. The van der Waals surface area contributed by atoms with Crippen LogP contribution in [0.5, 0.6) is 0 Å². The lowest BCUT2D eigenvalue weighted by atomic mass is 9.66. The van der Waals surface area contributed by atoms with E-state index in [2.05, 4.69) is 12.7 Å². The molecular weight excluding hydrogens is 470 g/mol. The molecule has 9 N–H and O–H groups in total. The fourth-order valence-corrected chi connectivity index (χ4v) is 3.91. The van der Waals surface area contributed by atoms with Gasteiger partial charge in [0, 0.05) is 0 Å². The molecule has 0 aliphatic rings. The Bertz CT molecular complexity index is 642. The van der Waals surface area contributed by atoms with E-state index in [1.165, 1.54) is 0 Å². The zero-order chi connectivity index (χ0) is 25.9. The average molecular weight is 514 g/mol. The Balaban J connectivity index is 0. The first-order chi connectivity index (χ1) is 15.3. The normalized spacial score (nSPS) is 18.5. The minimum Gasteiger partial charge on any atom is -1.00 e.